The summed E-state index contributed by atoms with van der Waals surface area (Å²) in [5.74, 6) is -0.529. The van der Waals surface area contributed by atoms with E-state index in [1.54, 1.807) is 37.5 Å². The standard InChI is InChI=1S/C13H15N5O2/c1-8(19)15-9-3-5-10(6-4-9)16-13(20)12-11(14)7-18(2)17-12/h3-7H,14H2,1-2H3,(H,15,19)(H,16,20). The zero-order valence-corrected chi connectivity index (χ0v) is 11.2. The molecule has 0 spiro atoms. The third-order valence-corrected chi connectivity index (χ3v) is 2.54. The molecule has 0 aliphatic carbocycles. The summed E-state index contributed by atoms with van der Waals surface area (Å²) in [6, 6.07) is 6.75. The van der Waals surface area contributed by atoms with E-state index in [0.717, 1.165) is 0 Å². The zero-order valence-electron chi connectivity index (χ0n) is 11.2. The molecule has 0 saturated heterocycles. The number of anilines is 3. The minimum atomic E-state index is -0.379. The van der Waals surface area contributed by atoms with E-state index >= 15 is 0 Å². The molecule has 0 fully saturated rings. The van der Waals surface area contributed by atoms with E-state index < -0.39 is 0 Å². The minimum absolute atomic E-state index is 0.150. The summed E-state index contributed by atoms with van der Waals surface area (Å²) < 4.78 is 1.48. The van der Waals surface area contributed by atoms with E-state index in [9.17, 15) is 9.59 Å². The van der Waals surface area contributed by atoms with Gasteiger partial charge >= 0.3 is 0 Å². The van der Waals surface area contributed by atoms with Gasteiger partial charge in [-0.2, -0.15) is 5.10 Å². The van der Waals surface area contributed by atoms with Crippen LogP contribution in [0.25, 0.3) is 0 Å². The molecule has 1 heterocycles. The van der Waals surface area contributed by atoms with Crippen LogP contribution in [0.4, 0.5) is 17.1 Å². The largest absolute Gasteiger partial charge is 0.396 e. The van der Waals surface area contributed by atoms with Crippen molar-refractivity contribution >= 4 is 28.9 Å². The van der Waals surface area contributed by atoms with Gasteiger partial charge in [-0.25, -0.2) is 0 Å². The number of benzene rings is 1. The smallest absolute Gasteiger partial charge is 0.278 e. The van der Waals surface area contributed by atoms with Gasteiger partial charge in [0.25, 0.3) is 5.91 Å². The molecule has 20 heavy (non-hydrogen) atoms. The number of hydrogen-bond donors (Lipinski definition) is 3. The fourth-order valence-corrected chi connectivity index (χ4v) is 1.71. The van der Waals surface area contributed by atoms with Crippen molar-refractivity contribution in [2.24, 2.45) is 7.05 Å². The molecule has 1 aromatic heterocycles. The number of nitrogens with zero attached hydrogens (tertiary/aromatic N) is 2. The first-order chi connectivity index (χ1) is 9.45. The van der Waals surface area contributed by atoms with Gasteiger partial charge in [-0.05, 0) is 24.3 Å². The number of nitrogens with one attached hydrogen (secondary N) is 2. The summed E-state index contributed by atoms with van der Waals surface area (Å²) in [5.41, 5.74) is 7.43. The second kappa shape index (κ2) is 5.43. The molecule has 0 unspecified atom stereocenters. The van der Waals surface area contributed by atoms with Crippen molar-refractivity contribution in [3.8, 4) is 0 Å². The van der Waals surface area contributed by atoms with Crippen LogP contribution in [-0.2, 0) is 11.8 Å². The average molecular weight is 273 g/mol. The third-order valence-electron chi connectivity index (χ3n) is 2.54. The number of nitrogens with two attached hydrogens (primary N) is 1. The lowest BCUT2D eigenvalue weighted by molar-refractivity contribution is -0.114. The molecule has 2 amide bonds. The van der Waals surface area contributed by atoms with Gasteiger partial charge in [0.2, 0.25) is 5.91 Å². The van der Waals surface area contributed by atoms with Crippen LogP contribution in [-0.4, -0.2) is 21.6 Å². The molecule has 7 nitrogen and oxygen atoms in total. The Morgan fingerprint density at radius 3 is 2.15 bits per heavy atom. The van der Waals surface area contributed by atoms with Gasteiger partial charge in [-0.1, -0.05) is 0 Å². The van der Waals surface area contributed by atoms with Crippen molar-refractivity contribution in [1.82, 2.24) is 9.78 Å². The molecule has 0 saturated carbocycles. The number of hydrogen-bond acceptors (Lipinski definition) is 4. The van der Waals surface area contributed by atoms with E-state index in [-0.39, 0.29) is 17.5 Å². The van der Waals surface area contributed by atoms with Crippen molar-refractivity contribution in [1.29, 1.82) is 0 Å². The normalized spacial score (nSPS) is 10.1. The molecule has 0 bridgehead atoms. The van der Waals surface area contributed by atoms with E-state index in [0.29, 0.717) is 17.1 Å². The first kappa shape index (κ1) is 13.6. The fourth-order valence-electron chi connectivity index (χ4n) is 1.71. The second-order valence-electron chi connectivity index (χ2n) is 4.32. The maximum absolute atomic E-state index is 12.0. The first-order valence-corrected chi connectivity index (χ1v) is 5.94. The van der Waals surface area contributed by atoms with E-state index in [4.69, 9.17) is 5.73 Å². The predicted octanol–water partition coefficient (Wildman–Crippen LogP) is 1.21. The van der Waals surface area contributed by atoms with Crippen LogP contribution in [0.15, 0.2) is 30.5 Å². The van der Waals surface area contributed by atoms with Gasteiger partial charge in [0.1, 0.15) is 0 Å². The van der Waals surface area contributed by atoms with Crippen molar-refractivity contribution in [2.75, 3.05) is 16.4 Å². The van der Waals surface area contributed by atoms with Crippen LogP contribution in [0.3, 0.4) is 0 Å². The summed E-state index contributed by atoms with van der Waals surface area (Å²) >= 11 is 0. The number of amides is 2. The summed E-state index contributed by atoms with van der Waals surface area (Å²) in [4.78, 5) is 22.9. The summed E-state index contributed by atoms with van der Waals surface area (Å²) in [6.45, 7) is 1.43. The quantitative estimate of drug-likeness (QED) is 0.782. The Hall–Kier alpha value is -2.83. The van der Waals surface area contributed by atoms with Crippen molar-refractivity contribution in [3.05, 3.63) is 36.2 Å². The lowest BCUT2D eigenvalue weighted by Gasteiger charge is -2.06. The van der Waals surface area contributed by atoms with Gasteiger partial charge in [-0.3, -0.25) is 14.3 Å². The molecule has 2 aromatic rings. The number of rotatable bonds is 3. The Labute approximate surface area is 115 Å². The topological polar surface area (TPSA) is 102 Å². The van der Waals surface area contributed by atoms with Crippen LogP contribution >= 0.6 is 0 Å². The number of aryl methyl sites for hydroxylation is 1. The monoisotopic (exact) mass is 273 g/mol. The van der Waals surface area contributed by atoms with Gasteiger partial charge < -0.3 is 16.4 Å². The highest BCUT2D eigenvalue weighted by Gasteiger charge is 2.14. The second-order valence-corrected chi connectivity index (χ2v) is 4.32. The Bertz CT molecular complexity index is 645. The van der Waals surface area contributed by atoms with Crippen LogP contribution in [0, 0.1) is 0 Å². The predicted molar refractivity (Wildman–Crippen MR) is 76.3 cm³/mol. The van der Waals surface area contributed by atoms with Crippen LogP contribution in [0.2, 0.25) is 0 Å². The van der Waals surface area contributed by atoms with Crippen molar-refractivity contribution < 1.29 is 9.59 Å². The van der Waals surface area contributed by atoms with Gasteiger partial charge in [-0.15, -0.1) is 0 Å². The Morgan fingerprint density at radius 1 is 1.15 bits per heavy atom. The molecule has 0 aliphatic heterocycles. The van der Waals surface area contributed by atoms with Crippen LogP contribution in [0.5, 0.6) is 0 Å². The molecule has 0 radical (unpaired) electrons. The molecule has 104 valence electrons. The molecule has 0 atom stereocenters. The molecule has 2 rings (SSSR count). The average Bonchev–Trinajstić information content (AvgIpc) is 2.70. The van der Waals surface area contributed by atoms with Gasteiger partial charge in [0, 0.05) is 31.5 Å². The SMILES string of the molecule is CC(=O)Nc1ccc(NC(=O)c2nn(C)cc2N)cc1. The highest BCUT2D eigenvalue weighted by molar-refractivity contribution is 6.06. The number of aromatic nitrogens is 2. The Morgan fingerprint density at radius 2 is 1.70 bits per heavy atom. The minimum Gasteiger partial charge on any atom is -0.396 e. The number of carbonyl (C=O) groups is 2. The zero-order chi connectivity index (χ0) is 14.7. The Balaban J connectivity index is 2.08. The van der Waals surface area contributed by atoms with Gasteiger partial charge in [0.05, 0.1) is 5.69 Å². The Kier molecular flexibility index (Phi) is 3.69. The van der Waals surface area contributed by atoms with Crippen LogP contribution < -0.4 is 16.4 Å². The highest BCUT2D eigenvalue weighted by Crippen LogP contribution is 2.16. The lowest BCUT2D eigenvalue weighted by atomic mass is 10.2. The molecule has 1 aromatic carbocycles. The number of nitrogen functional groups attached to an aromatic ring is 1. The maximum Gasteiger partial charge on any atom is 0.278 e. The molecule has 7 heteroatoms. The third kappa shape index (κ3) is 3.14. The van der Waals surface area contributed by atoms with E-state index in [2.05, 4.69) is 15.7 Å². The van der Waals surface area contributed by atoms with E-state index in [1.807, 2.05) is 0 Å². The molecule has 4 N–H and O–H groups in total. The van der Waals surface area contributed by atoms with E-state index in [1.165, 1.54) is 11.6 Å². The maximum atomic E-state index is 12.0. The molecular weight excluding hydrogens is 258 g/mol. The van der Waals surface area contributed by atoms with Crippen molar-refractivity contribution in [2.45, 2.75) is 6.92 Å². The first-order valence-electron chi connectivity index (χ1n) is 5.94. The van der Waals surface area contributed by atoms with Gasteiger partial charge in [0.15, 0.2) is 5.69 Å². The fraction of sp³-hybridized carbons (Fsp3) is 0.154. The summed E-state index contributed by atoms with van der Waals surface area (Å²) in [7, 11) is 1.69. The highest BCUT2D eigenvalue weighted by atomic mass is 16.2. The summed E-state index contributed by atoms with van der Waals surface area (Å²) in [5, 5.41) is 9.31. The summed E-state index contributed by atoms with van der Waals surface area (Å²) in [6.07, 6.45) is 1.56. The molecular formula is C13H15N5O2. The molecule has 0 aliphatic rings. The van der Waals surface area contributed by atoms with Crippen molar-refractivity contribution in [3.63, 3.8) is 0 Å². The lowest BCUT2D eigenvalue weighted by Crippen LogP contribution is -2.14. The van der Waals surface area contributed by atoms with Crippen LogP contribution in [0.1, 0.15) is 17.4 Å². The number of carbonyl (C=O) groups excluding carboxylic acids is 2.